The summed E-state index contributed by atoms with van der Waals surface area (Å²) in [6.07, 6.45) is 2.06. The van der Waals surface area contributed by atoms with Gasteiger partial charge in [-0.05, 0) is 18.6 Å². The molecule has 0 unspecified atom stereocenters. The van der Waals surface area contributed by atoms with Crippen LogP contribution in [0, 0.1) is 5.82 Å². The van der Waals surface area contributed by atoms with Gasteiger partial charge in [-0.15, -0.1) is 0 Å². The van der Waals surface area contributed by atoms with E-state index < -0.39 is 11.4 Å². The van der Waals surface area contributed by atoms with Gasteiger partial charge in [0.1, 0.15) is 5.82 Å². The standard InChI is InChI=1S/C15H21FN2O2/c1-2-8-15(20)10-18(11-15)9-7-14(19)17-13-6-4-3-5-12(13)16/h3-6,20H,2,7-11H2,1H3,(H,17,19). The highest BCUT2D eigenvalue weighted by Crippen LogP contribution is 2.25. The normalized spacial score (nSPS) is 17.6. The first kappa shape index (κ1) is 14.9. The van der Waals surface area contributed by atoms with Crippen LogP contribution in [-0.4, -0.2) is 41.1 Å². The Morgan fingerprint density at radius 1 is 1.45 bits per heavy atom. The third kappa shape index (κ3) is 3.77. The van der Waals surface area contributed by atoms with Crippen LogP contribution in [0.2, 0.25) is 0 Å². The second-order valence-electron chi connectivity index (χ2n) is 5.46. The van der Waals surface area contributed by atoms with Gasteiger partial charge in [-0.1, -0.05) is 25.5 Å². The first-order valence-corrected chi connectivity index (χ1v) is 7.01. The molecular formula is C15H21FN2O2. The summed E-state index contributed by atoms with van der Waals surface area (Å²) in [5.41, 5.74) is -0.361. The average molecular weight is 280 g/mol. The van der Waals surface area contributed by atoms with Crippen LogP contribution in [0.1, 0.15) is 26.2 Å². The lowest BCUT2D eigenvalue weighted by atomic mass is 9.89. The highest BCUT2D eigenvalue weighted by molar-refractivity contribution is 5.90. The van der Waals surface area contributed by atoms with E-state index in [1.807, 2.05) is 11.8 Å². The summed E-state index contributed by atoms with van der Waals surface area (Å²) in [6, 6.07) is 6.12. The summed E-state index contributed by atoms with van der Waals surface area (Å²) in [5.74, 6) is -0.636. The number of β-amino-alcohol motifs (C(OH)–C–C–N with tert-alkyl or cyclic N) is 1. The molecule has 0 saturated carbocycles. The van der Waals surface area contributed by atoms with Crippen LogP contribution < -0.4 is 5.32 Å². The lowest BCUT2D eigenvalue weighted by Gasteiger charge is -2.46. The number of amides is 1. The molecule has 1 saturated heterocycles. The summed E-state index contributed by atoms with van der Waals surface area (Å²) < 4.78 is 13.4. The van der Waals surface area contributed by atoms with Crippen LogP contribution in [0.4, 0.5) is 10.1 Å². The maximum atomic E-state index is 13.4. The molecule has 2 rings (SSSR count). The van der Waals surface area contributed by atoms with Crippen molar-refractivity contribution in [2.45, 2.75) is 31.8 Å². The Labute approximate surface area is 118 Å². The first-order chi connectivity index (χ1) is 9.52. The first-order valence-electron chi connectivity index (χ1n) is 7.01. The van der Waals surface area contributed by atoms with Crippen molar-refractivity contribution in [3.8, 4) is 0 Å². The highest BCUT2D eigenvalue weighted by Gasteiger charge is 2.39. The minimum Gasteiger partial charge on any atom is -0.387 e. The molecule has 4 nitrogen and oxygen atoms in total. The number of likely N-dealkylation sites (tertiary alicyclic amines) is 1. The van der Waals surface area contributed by atoms with E-state index in [2.05, 4.69) is 5.32 Å². The van der Waals surface area contributed by atoms with Crippen LogP contribution in [0.5, 0.6) is 0 Å². The van der Waals surface area contributed by atoms with Crippen molar-refractivity contribution in [2.75, 3.05) is 25.0 Å². The fraction of sp³-hybridized carbons (Fsp3) is 0.533. The molecule has 1 heterocycles. The van der Waals surface area contributed by atoms with Crippen molar-refractivity contribution >= 4 is 11.6 Å². The van der Waals surface area contributed by atoms with E-state index in [4.69, 9.17) is 0 Å². The summed E-state index contributed by atoms with van der Waals surface area (Å²) >= 11 is 0. The molecule has 0 spiro atoms. The van der Waals surface area contributed by atoms with E-state index in [9.17, 15) is 14.3 Å². The second kappa shape index (κ2) is 6.33. The fourth-order valence-electron chi connectivity index (χ4n) is 2.60. The molecule has 2 N–H and O–H groups in total. The van der Waals surface area contributed by atoms with E-state index in [0.717, 1.165) is 12.8 Å². The van der Waals surface area contributed by atoms with E-state index in [-0.39, 0.29) is 11.6 Å². The number of para-hydroxylation sites is 1. The van der Waals surface area contributed by atoms with Crippen LogP contribution >= 0.6 is 0 Å². The molecule has 0 bridgehead atoms. The Bertz CT molecular complexity index is 473. The number of anilines is 1. The van der Waals surface area contributed by atoms with Gasteiger partial charge in [0.2, 0.25) is 5.91 Å². The molecule has 5 heteroatoms. The van der Waals surface area contributed by atoms with E-state index >= 15 is 0 Å². The highest BCUT2D eigenvalue weighted by atomic mass is 19.1. The van der Waals surface area contributed by atoms with Crippen LogP contribution in [0.15, 0.2) is 24.3 Å². The van der Waals surface area contributed by atoms with Gasteiger partial charge in [-0.3, -0.25) is 9.69 Å². The lowest BCUT2D eigenvalue weighted by Crippen LogP contribution is -2.61. The van der Waals surface area contributed by atoms with E-state index in [1.54, 1.807) is 12.1 Å². The van der Waals surface area contributed by atoms with Crippen molar-refractivity contribution in [1.82, 2.24) is 4.90 Å². The second-order valence-corrected chi connectivity index (χ2v) is 5.46. The quantitative estimate of drug-likeness (QED) is 0.838. The maximum Gasteiger partial charge on any atom is 0.225 e. The molecule has 20 heavy (non-hydrogen) atoms. The summed E-state index contributed by atoms with van der Waals surface area (Å²) in [5, 5.41) is 12.6. The Kier molecular flexibility index (Phi) is 4.73. The zero-order chi connectivity index (χ0) is 14.6. The van der Waals surface area contributed by atoms with Crippen LogP contribution in [0.3, 0.4) is 0 Å². The summed E-state index contributed by atoms with van der Waals surface area (Å²) in [7, 11) is 0. The summed E-state index contributed by atoms with van der Waals surface area (Å²) in [6.45, 7) is 3.87. The smallest absolute Gasteiger partial charge is 0.225 e. The predicted octanol–water partition coefficient (Wildman–Crippen LogP) is 2.00. The molecule has 0 aromatic heterocycles. The Morgan fingerprint density at radius 3 is 2.80 bits per heavy atom. The third-order valence-electron chi connectivity index (χ3n) is 3.55. The number of benzene rings is 1. The molecule has 1 aromatic carbocycles. The van der Waals surface area contributed by atoms with Crippen molar-refractivity contribution in [1.29, 1.82) is 0 Å². The number of hydrogen-bond donors (Lipinski definition) is 2. The third-order valence-corrected chi connectivity index (χ3v) is 3.55. The minimum atomic E-state index is -0.573. The number of nitrogens with one attached hydrogen (secondary N) is 1. The van der Waals surface area contributed by atoms with Gasteiger partial charge in [-0.25, -0.2) is 4.39 Å². The van der Waals surface area contributed by atoms with E-state index in [1.165, 1.54) is 12.1 Å². The van der Waals surface area contributed by atoms with E-state index in [0.29, 0.717) is 26.1 Å². The van der Waals surface area contributed by atoms with Crippen LogP contribution in [-0.2, 0) is 4.79 Å². The lowest BCUT2D eigenvalue weighted by molar-refractivity contribution is -0.121. The number of hydrogen-bond acceptors (Lipinski definition) is 3. The van der Waals surface area contributed by atoms with Gasteiger partial charge in [0, 0.05) is 26.1 Å². The molecule has 1 fully saturated rings. The molecule has 1 amide bonds. The molecular weight excluding hydrogens is 259 g/mol. The van der Waals surface area contributed by atoms with Gasteiger partial charge in [-0.2, -0.15) is 0 Å². The van der Waals surface area contributed by atoms with Gasteiger partial charge >= 0.3 is 0 Å². The molecule has 0 aliphatic carbocycles. The van der Waals surface area contributed by atoms with Crippen LogP contribution in [0.25, 0.3) is 0 Å². The SMILES string of the molecule is CCCC1(O)CN(CCC(=O)Nc2ccccc2F)C1. The largest absolute Gasteiger partial charge is 0.387 e. The average Bonchev–Trinajstić information content (AvgIpc) is 2.37. The Hall–Kier alpha value is -1.46. The topological polar surface area (TPSA) is 52.6 Å². The van der Waals surface area contributed by atoms with Gasteiger partial charge in [0.25, 0.3) is 0 Å². The molecule has 0 atom stereocenters. The number of carbonyl (C=O) groups excluding carboxylic acids is 1. The van der Waals surface area contributed by atoms with Gasteiger partial charge < -0.3 is 10.4 Å². The minimum absolute atomic E-state index is 0.207. The molecule has 1 aliphatic rings. The van der Waals surface area contributed by atoms with Crippen molar-refractivity contribution < 1.29 is 14.3 Å². The predicted molar refractivity (Wildman–Crippen MR) is 75.9 cm³/mol. The Morgan fingerprint density at radius 2 is 2.15 bits per heavy atom. The van der Waals surface area contributed by atoms with Gasteiger partial charge in [0.15, 0.2) is 0 Å². The monoisotopic (exact) mass is 280 g/mol. The van der Waals surface area contributed by atoms with Gasteiger partial charge in [0.05, 0.1) is 11.3 Å². The zero-order valence-corrected chi connectivity index (χ0v) is 11.7. The number of carbonyl (C=O) groups is 1. The molecule has 0 radical (unpaired) electrons. The Balaban J connectivity index is 1.71. The number of halogens is 1. The number of rotatable bonds is 6. The summed E-state index contributed by atoms with van der Waals surface area (Å²) in [4.78, 5) is 13.8. The molecule has 1 aliphatic heterocycles. The fourth-order valence-corrected chi connectivity index (χ4v) is 2.60. The van der Waals surface area contributed by atoms with Crippen molar-refractivity contribution in [2.24, 2.45) is 0 Å². The maximum absolute atomic E-state index is 13.4. The number of nitrogens with zero attached hydrogens (tertiary/aromatic N) is 1. The molecule has 110 valence electrons. The van der Waals surface area contributed by atoms with Crippen molar-refractivity contribution in [3.63, 3.8) is 0 Å². The molecule has 1 aromatic rings. The van der Waals surface area contributed by atoms with Crippen molar-refractivity contribution in [3.05, 3.63) is 30.1 Å². The number of aliphatic hydroxyl groups is 1. The zero-order valence-electron chi connectivity index (χ0n) is 11.7.